The molecule has 19 heavy (non-hydrogen) atoms. The number of hydrogen-bond acceptors (Lipinski definition) is 3. The summed E-state index contributed by atoms with van der Waals surface area (Å²) in [5, 5.41) is 10.1. The highest BCUT2D eigenvalue weighted by Gasteiger charge is 2.13. The number of phenolic OH excluding ortho intramolecular Hbond substituents is 1. The van der Waals surface area contributed by atoms with E-state index in [4.69, 9.17) is 0 Å². The van der Waals surface area contributed by atoms with Crippen LogP contribution in [-0.2, 0) is 0 Å². The molecule has 3 rings (SSSR count). The molecule has 3 aromatic rings. The smallest absolute Gasteiger partial charge is 0.146 e. The first-order valence-corrected chi connectivity index (χ1v) is 6.84. The number of phenols is 1. The number of fused-ring (bicyclic) bond motifs is 2. The molecule has 0 fully saturated rings. The lowest BCUT2D eigenvalue weighted by molar-refractivity contribution is 0.476. The molecule has 3 nitrogen and oxygen atoms in total. The number of aromatic nitrogens is 2. The predicted octanol–water partition coefficient (Wildman–Crippen LogP) is 4.18. The van der Waals surface area contributed by atoms with E-state index in [1.165, 1.54) is 5.56 Å². The number of hydrogen-bond donors (Lipinski definition) is 1. The highest BCUT2D eigenvalue weighted by Crippen LogP contribution is 2.33. The van der Waals surface area contributed by atoms with Crippen LogP contribution in [0.3, 0.4) is 0 Å². The van der Waals surface area contributed by atoms with E-state index in [-0.39, 0.29) is 5.75 Å². The average Bonchev–Trinajstić information content (AvgIpc) is 2.39. The van der Waals surface area contributed by atoms with Gasteiger partial charge in [-0.2, -0.15) is 0 Å². The molecule has 1 aromatic heterocycles. The molecular formula is C15H13BrN2O. The Morgan fingerprint density at radius 1 is 0.947 bits per heavy atom. The summed E-state index contributed by atoms with van der Waals surface area (Å²) in [7, 11) is 0. The van der Waals surface area contributed by atoms with Crippen LogP contribution in [0.1, 0.15) is 16.7 Å². The molecule has 96 valence electrons. The number of benzene rings is 2. The fourth-order valence-corrected chi connectivity index (χ4v) is 2.82. The maximum absolute atomic E-state index is 10.1. The van der Waals surface area contributed by atoms with Gasteiger partial charge in [0.25, 0.3) is 0 Å². The number of aryl methyl sites for hydroxylation is 3. The van der Waals surface area contributed by atoms with Gasteiger partial charge in [-0.05, 0) is 65.5 Å². The standard InChI is InChI=1S/C15H13BrN2O/c1-7-4-5-11-12(9(7)3)18-13-10(16)6-8(2)15(19)14(13)17-11/h4-6,19H,1-3H3. The molecule has 0 unspecified atom stereocenters. The molecule has 0 saturated carbocycles. The second-order valence-corrected chi connectivity index (χ2v) is 5.67. The van der Waals surface area contributed by atoms with Crippen LogP contribution in [0.4, 0.5) is 0 Å². The molecule has 0 aliphatic rings. The van der Waals surface area contributed by atoms with Gasteiger partial charge in [0.1, 0.15) is 16.8 Å². The Morgan fingerprint density at radius 2 is 1.68 bits per heavy atom. The van der Waals surface area contributed by atoms with Crippen molar-refractivity contribution in [2.24, 2.45) is 0 Å². The lowest BCUT2D eigenvalue weighted by atomic mass is 10.1. The van der Waals surface area contributed by atoms with Gasteiger partial charge in [-0.1, -0.05) is 6.07 Å². The van der Waals surface area contributed by atoms with Crippen molar-refractivity contribution < 1.29 is 5.11 Å². The predicted molar refractivity (Wildman–Crippen MR) is 80.6 cm³/mol. The summed E-state index contributed by atoms with van der Waals surface area (Å²) in [5.41, 5.74) is 6.04. The quantitative estimate of drug-likeness (QED) is 0.633. The Kier molecular flexibility index (Phi) is 2.71. The molecule has 2 aromatic carbocycles. The molecule has 0 amide bonds. The van der Waals surface area contributed by atoms with Gasteiger partial charge in [-0.15, -0.1) is 0 Å². The van der Waals surface area contributed by atoms with Gasteiger partial charge in [0, 0.05) is 4.47 Å². The summed E-state index contributed by atoms with van der Waals surface area (Å²) >= 11 is 3.50. The van der Waals surface area contributed by atoms with E-state index in [1.54, 1.807) is 0 Å². The zero-order chi connectivity index (χ0) is 13.7. The molecule has 0 aliphatic carbocycles. The van der Waals surface area contributed by atoms with E-state index in [9.17, 15) is 5.11 Å². The van der Waals surface area contributed by atoms with E-state index in [0.717, 1.165) is 26.6 Å². The minimum absolute atomic E-state index is 0.200. The number of halogens is 1. The van der Waals surface area contributed by atoms with Crippen LogP contribution in [0.25, 0.3) is 22.1 Å². The largest absolute Gasteiger partial charge is 0.505 e. The molecule has 4 heteroatoms. The van der Waals surface area contributed by atoms with E-state index >= 15 is 0 Å². The van der Waals surface area contributed by atoms with Crippen molar-refractivity contribution in [1.29, 1.82) is 0 Å². The first-order valence-electron chi connectivity index (χ1n) is 6.05. The van der Waals surface area contributed by atoms with Gasteiger partial charge >= 0.3 is 0 Å². The minimum Gasteiger partial charge on any atom is -0.505 e. The van der Waals surface area contributed by atoms with Gasteiger partial charge in [0.15, 0.2) is 0 Å². The third kappa shape index (κ3) is 1.78. The normalized spacial score (nSPS) is 11.4. The Morgan fingerprint density at radius 3 is 2.42 bits per heavy atom. The summed E-state index contributed by atoms with van der Waals surface area (Å²) in [4.78, 5) is 9.23. The topological polar surface area (TPSA) is 46.0 Å². The third-order valence-corrected chi connectivity index (χ3v) is 4.13. The maximum atomic E-state index is 10.1. The Balaban J connectivity index is 2.56. The zero-order valence-electron chi connectivity index (χ0n) is 11.0. The second kappa shape index (κ2) is 4.17. The number of nitrogens with zero attached hydrogens (tertiary/aromatic N) is 2. The first-order chi connectivity index (χ1) is 8.99. The van der Waals surface area contributed by atoms with Gasteiger partial charge < -0.3 is 5.11 Å². The summed E-state index contributed by atoms with van der Waals surface area (Å²) in [6, 6.07) is 5.84. The van der Waals surface area contributed by atoms with Crippen LogP contribution >= 0.6 is 15.9 Å². The van der Waals surface area contributed by atoms with E-state index < -0.39 is 0 Å². The van der Waals surface area contributed by atoms with Gasteiger partial charge in [0.2, 0.25) is 0 Å². The van der Waals surface area contributed by atoms with Crippen LogP contribution in [-0.4, -0.2) is 15.1 Å². The monoisotopic (exact) mass is 316 g/mol. The molecular weight excluding hydrogens is 304 g/mol. The SMILES string of the molecule is Cc1ccc2nc3c(O)c(C)cc(Br)c3nc2c1C. The van der Waals surface area contributed by atoms with Crippen LogP contribution in [0.2, 0.25) is 0 Å². The summed E-state index contributed by atoms with van der Waals surface area (Å²) in [6.45, 7) is 5.95. The molecule has 1 heterocycles. The molecule has 0 spiro atoms. The maximum Gasteiger partial charge on any atom is 0.146 e. The molecule has 0 atom stereocenters. The van der Waals surface area contributed by atoms with Crippen molar-refractivity contribution in [2.75, 3.05) is 0 Å². The van der Waals surface area contributed by atoms with Crippen molar-refractivity contribution in [2.45, 2.75) is 20.8 Å². The summed E-state index contributed by atoms with van der Waals surface area (Å²) in [5.74, 6) is 0.200. The highest BCUT2D eigenvalue weighted by atomic mass is 79.9. The van der Waals surface area contributed by atoms with Crippen molar-refractivity contribution in [3.05, 3.63) is 39.4 Å². The second-order valence-electron chi connectivity index (χ2n) is 4.82. The Bertz CT molecular complexity index is 828. The van der Waals surface area contributed by atoms with Crippen LogP contribution < -0.4 is 0 Å². The third-order valence-electron chi connectivity index (χ3n) is 3.53. The highest BCUT2D eigenvalue weighted by molar-refractivity contribution is 9.10. The molecule has 0 radical (unpaired) electrons. The van der Waals surface area contributed by atoms with E-state index in [2.05, 4.69) is 32.8 Å². The first kappa shape index (κ1) is 12.4. The summed E-state index contributed by atoms with van der Waals surface area (Å²) < 4.78 is 0.855. The average molecular weight is 317 g/mol. The lowest BCUT2D eigenvalue weighted by Gasteiger charge is -2.09. The summed E-state index contributed by atoms with van der Waals surface area (Å²) in [6.07, 6.45) is 0. The Hall–Kier alpha value is -1.68. The van der Waals surface area contributed by atoms with E-state index in [0.29, 0.717) is 11.0 Å². The van der Waals surface area contributed by atoms with Gasteiger partial charge in [-0.25, -0.2) is 9.97 Å². The molecule has 0 saturated heterocycles. The van der Waals surface area contributed by atoms with Crippen LogP contribution in [0, 0.1) is 20.8 Å². The van der Waals surface area contributed by atoms with E-state index in [1.807, 2.05) is 32.0 Å². The molecule has 0 aliphatic heterocycles. The van der Waals surface area contributed by atoms with Crippen molar-refractivity contribution in [3.63, 3.8) is 0 Å². The Labute approximate surface area is 119 Å². The fraction of sp³-hybridized carbons (Fsp3) is 0.200. The van der Waals surface area contributed by atoms with Crippen molar-refractivity contribution in [1.82, 2.24) is 9.97 Å². The van der Waals surface area contributed by atoms with Crippen LogP contribution in [0.5, 0.6) is 5.75 Å². The fourth-order valence-electron chi connectivity index (χ4n) is 2.20. The van der Waals surface area contributed by atoms with Crippen LogP contribution in [0.15, 0.2) is 22.7 Å². The van der Waals surface area contributed by atoms with Gasteiger partial charge in [0.05, 0.1) is 11.0 Å². The van der Waals surface area contributed by atoms with Crippen molar-refractivity contribution >= 4 is 38.0 Å². The number of rotatable bonds is 0. The minimum atomic E-state index is 0.200. The van der Waals surface area contributed by atoms with Gasteiger partial charge in [-0.3, -0.25) is 0 Å². The van der Waals surface area contributed by atoms with Crippen molar-refractivity contribution in [3.8, 4) is 5.75 Å². The zero-order valence-corrected chi connectivity index (χ0v) is 12.5. The number of aromatic hydroxyl groups is 1. The molecule has 1 N–H and O–H groups in total. The molecule has 0 bridgehead atoms. The lowest BCUT2D eigenvalue weighted by Crippen LogP contribution is -1.94.